The summed E-state index contributed by atoms with van der Waals surface area (Å²) in [5.74, 6) is 0. The topological polar surface area (TPSA) is 91.9 Å². The Morgan fingerprint density at radius 3 is 2.73 bits per heavy atom. The molecule has 1 heterocycles. The molecule has 1 aromatic carbocycles. The molecule has 0 aliphatic carbocycles. The summed E-state index contributed by atoms with van der Waals surface area (Å²) in [6.45, 7) is 5.13. The summed E-state index contributed by atoms with van der Waals surface area (Å²) >= 11 is 0. The van der Waals surface area contributed by atoms with E-state index in [2.05, 4.69) is 5.32 Å². The highest BCUT2D eigenvalue weighted by molar-refractivity contribution is 5.77. The van der Waals surface area contributed by atoms with E-state index in [1.54, 1.807) is 51.3 Å². The molecule has 0 spiro atoms. The van der Waals surface area contributed by atoms with Crippen LogP contribution in [0, 0.1) is 0 Å². The Hall–Kier alpha value is -2.05. The fourth-order valence-electron chi connectivity index (χ4n) is 2.00. The third-order valence-electron chi connectivity index (χ3n) is 3.04. The first-order valence-electron chi connectivity index (χ1n) is 7.06. The number of fused-ring (bicyclic) bond motifs is 1. The molecule has 0 fully saturated rings. The van der Waals surface area contributed by atoms with Crippen molar-refractivity contribution in [3.05, 3.63) is 36.1 Å². The third kappa shape index (κ3) is 4.22. The number of aliphatic hydroxyl groups is 2. The molecular formula is C16H21NO5. The smallest absolute Gasteiger partial charge is 0.407 e. The van der Waals surface area contributed by atoms with Gasteiger partial charge < -0.3 is 24.7 Å². The number of carbonyl (C=O) groups excluding carboxylic acids is 1. The fraction of sp³-hybridized carbons (Fsp3) is 0.438. The lowest BCUT2D eigenvalue weighted by Crippen LogP contribution is -2.38. The maximum absolute atomic E-state index is 11.5. The zero-order valence-electron chi connectivity index (χ0n) is 12.9. The Balaban J connectivity index is 1.94. The highest BCUT2D eigenvalue weighted by Crippen LogP contribution is 2.23. The summed E-state index contributed by atoms with van der Waals surface area (Å²) < 4.78 is 10.3. The molecule has 1 amide bonds. The predicted molar refractivity (Wildman–Crippen MR) is 81.4 cm³/mol. The largest absolute Gasteiger partial charge is 0.464 e. The van der Waals surface area contributed by atoms with Crippen LogP contribution >= 0.6 is 0 Å². The van der Waals surface area contributed by atoms with Crippen molar-refractivity contribution in [1.29, 1.82) is 0 Å². The third-order valence-corrected chi connectivity index (χ3v) is 3.04. The summed E-state index contributed by atoms with van der Waals surface area (Å²) in [5, 5.41) is 23.4. The van der Waals surface area contributed by atoms with Crippen LogP contribution in [0.4, 0.5) is 4.79 Å². The number of amides is 1. The van der Waals surface area contributed by atoms with Crippen LogP contribution < -0.4 is 5.32 Å². The molecule has 0 aliphatic heterocycles. The number of furan rings is 1. The number of nitrogens with one attached hydrogen (secondary N) is 1. The maximum atomic E-state index is 11.5. The summed E-state index contributed by atoms with van der Waals surface area (Å²) in [7, 11) is 0. The van der Waals surface area contributed by atoms with Crippen LogP contribution in [0.25, 0.3) is 11.0 Å². The molecule has 0 aliphatic rings. The molecule has 0 saturated heterocycles. The van der Waals surface area contributed by atoms with Crippen LogP contribution in [0.5, 0.6) is 0 Å². The van der Waals surface area contributed by atoms with E-state index in [-0.39, 0.29) is 6.54 Å². The number of ether oxygens (including phenoxy) is 1. The van der Waals surface area contributed by atoms with E-state index >= 15 is 0 Å². The Labute approximate surface area is 128 Å². The second-order valence-corrected chi connectivity index (χ2v) is 6.11. The Kier molecular flexibility index (Phi) is 4.73. The van der Waals surface area contributed by atoms with Gasteiger partial charge in [0.15, 0.2) is 0 Å². The molecule has 0 bridgehead atoms. The van der Waals surface area contributed by atoms with Gasteiger partial charge in [0.2, 0.25) is 0 Å². The summed E-state index contributed by atoms with van der Waals surface area (Å²) in [5.41, 5.74) is 0.643. The lowest BCUT2D eigenvalue weighted by molar-refractivity contribution is 0.0130. The lowest BCUT2D eigenvalue weighted by Gasteiger charge is -2.22. The molecule has 2 atom stereocenters. The van der Waals surface area contributed by atoms with Gasteiger partial charge in [0.25, 0.3) is 0 Å². The number of alkyl carbamates (subject to hydrolysis) is 1. The van der Waals surface area contributed by atoms with E-state index in [9.17, 15) is 15.0 Å². The first-order chi connectivity index (χ1) is 10.3. The van der Waals surface area contributed by atoms with Crippen molar-refractivity contribution in [3.63, 3.8) is 0 Å². The van der Waals surface area contributed by atoms with Gasteiger partial charge in [-0.05, 0) is 44.5 Å². The molecule has 1 aromatic heterocycles. The van der Waals surface area contributed by atoms with Gasteiger partial charge in [-0.15, -0.1) is 0 Å². The van der Waals surface area contributed by atoms with Gasteiger partial charge in [-0.3, -0.25) is 0 Å². The minimum atomic E-state index is -1.14. The maximum Gasteiger partial charge on any atom is 0.407 e. The zero-order chi connectivity index (χ0) is 16.3. The minimum absolute atomic E-state index is 0.112. The monoisotopic (exact) mass is 307 g/mol. The fourth-order valence-corrected chi connectivity index (χ4v) is 2.00. The molecule has 22 heavy (non-hydrogen) atoms. The highest BCUT2D eigenvalue weighted by atomic mass is 16.6. The van der Waals surface area contributed by atoms with E-state index in [0.29, 0.717) is 11.1 Å². The van der Waals surface area contributed by atoms with E-state index in [4.69, 9.17) is 9.15 Å². The Morgan fingerprint density at radius 1 is 1.32 bits per heavy atom. The van der Waals surface area contributed by atoms with Crippen molar-refractivity contribution >= 4 is 17.1 Å². The van der Waals surface area contributed by atoms with E-state index in [1.807, 2.05) is 0 Å². The average Bonchev–Trinajstić information content (AvgIpc) is 2.89. The van der Waals surface area contributed by atoms with Crippen LogP contribution in [-0.4, -0.2) is 34.6 Å². The summed E-state index contributed by atoms with van der Waals surface area (Å²) in [6.07, 6.45) is -1.34. The molecule has 6 nitrogen and oxygen atoms in total. The lowest BCUT2D eigenvalue weighted by atomic mass is 10.0. The molecule has 2 aromatic rings. The van der Waals surface area contributed by atoms with Crippen LogP contribution in [0.3, 0.4) is 0 Å². The number of carbonyl (C=O) groups is 1. The van der Waals surface area contributed by atoms with E-state index < -0.39 is 23.9 Å². The average molecular weight is 307 g/mol. The molecule has 120 valence electrons. The van der Waals surface area contributed by atoms with E-state index in [1.165, 1.54) is 0 Å². The van der Waals surface area contributed by atoms with Crippen LogP contribution in [-0.2, 0) is 4.74 Å². The first kappa shape index (κ1) is 16.3. The normalized spacial score (nSPS) is 14.6. The van der Waals surface area contributed by atoms with Crippen LogP contribution in [0.15, 0.2) is 34.9 Å². The number of aliphatic hydroxyl groups excluding tert-OH is 2. The second-order valence-electron chi connectivity index (χ2n) is 6.11. The molecular weight excluding hydrogens is 286 g/mol. The summed E-state index contributed by atoms with van der Waals surface area (Å²) in [4.78, 5) is 11.5. The van der Waals surface area contributed by atoms with Crippen LogP contribution in [0.2, 0.25) is 0 Å². The van der Waals surface area contributed by atoms with Gasteiger partial charge in [0.1, 0.15) is 23.4 Å². The van der Waals surface area contributed by atoms with E-state index in [0.717, 1.165) is 5.39 Å². The number of hydrogen-bond acceptors (Lipinski definition) is 5. The molecule has 3 N–H and O–H groups in total. The Bertz CT molecular complexity index is 643. The zero-order valence-corrected chi connectivity index (χ0v) is 12.9. The van der Waals surface area contributed by atoms with Gasteiger partial charge in [0.05, 0.1) is 6.26 Å². The molecule has 0 radical (unpaired) electrons. The molecule has 2 unspecified atom stereocenters. The number of hydrogen-bond donors (Lipinski definition) is 3. The molecule has 6 heteroatoms. The van der Waals surface area contributed by atoms with Crippen molar-refractivity contribution in [2.75, 3.05) is 6.54 Å². The van der Waals surface area contributed by atoms with Crippen molar-refractivity contribution in [3.8, 4) is 0 Å². The molecule has 0 saturated carbocycles. The van der Waals surface area contributed by atoms with Crippen LogP contribution in [0.1, 0.15) is 32.4 Å². The number of benzene rings is 1. The van der Waals surface area contributed by atoms with Gasteiger partial charge in [-0.1, -0.05) is 6.07 Å². The minimum Gasteiger partial charge on any atom is -0.464 e. The predicted octanol–water partition coefficient (Wildman–Crippen LogP) is 2.35. The SMILES string of the molecule is CC(C)(C)OC(=O)NCC(O)C(O)c1ccc2occc2c1. The van der Waals surface area contributed by atoms with Crippen molar-refractivity contribution in [2.45, 2.75) is 38.6 Å². The number of rotatable bonds is 4. The van der Waals surface area contributed by atoms with Gasteiger partial charge in [0, 0.05) is 11.9 Å². The first-order valence-corrected chi connectivity index (χ1v) is 7.06. The van der Waals surface area contributed by atoms with Gasteiger partial charge in [-0.2, -0.15) is 0 Å². The standard InChI is InChI=1S/C16H21NO5/c1-16(2,3)22-15(20)17-9-12(18)14(19)11-4-5-13-10(8-11)6-7-21-13/h4-8,12,14,18-19H,9H2,1-3H3,(H,17,20). The van der Waals surface area contributed by atoms with Crippen molar-refractivity contribution in [2.24, 2.45) is 0 Å². The summed E-state index contributed by atoms with van der Waals surface area (Å²) in [6, 6.07) is 6.91. The van der Waals surface area contributed by atoms with Crippen molar-refractivity contribution in [1.82, 2.24) is 5.32 Å². The molecule has 2 rings (SSSR count). The second kappa shape index (κ2) is 6.37. The van der Waals surface area contributed by atoms with Gasteiger partial charge >= 0.3 is 6.09 Å². The quantitative estimate of drug-likeness (QED) is 0.806. The highest BCUT2D eigenvalue weighted by Gasteiger charge is 2.21. The Morgan fingerprint density at radius 2 is 2.05 bits per heavy atom. The van der Waals surface area contributed by atoms with Gasteiger partial charge in [-0.25, -0.2) is 4.79 Å². The van der Waals surface area contributed by atoms with Crippen molar-refractivity contribution < 1.29 is 24.2 Å².